The van der Waals surface area contributed by atoms with Crippen molar-refractivity contribution >= 4 is 11.6 Å². The summed E-state index contributed by atoms with van der Waals surface area (Å²) in [4.78, 5) is 24.8. The van der Waals surface area contributed by atoms with Gasteiger partial charge in [0.2, 0.25) is 0 Å². The van der Waals surface area contributed by atoms with Crippen LogP contribution in [-0.2, 0) is 19.1 Å². The topological polar surface area (TPSA) is 72.8 Å². The SMILES string of the molecule is COC1C(=O)C(C)=CC(=O)C1(CCCCCCCCCCO)OC. The average Bonchev–Trinajstić information content (AvgIpc) is 2.57. The molecule has 0 fully saturated rings. The van der Waals surface area contributed by atoms with Crippen LogP contribution >= 0.6 is 0 Å². The standard InChI is InChI=1S/C19H32O5/c1-15-14-16(21)19(24-3,18(23-2)17(15)22)12-10-8-6-4-5-7-9-11-13-20/h14,18,20H,4-13H2,1-3H3. The van der Waals surface area contributed by atoms with E-state index in [2.05, 4.69) is 0 Å². The molecule has 1 aliphatic rings. The third-order valence-corrected chi connectivity index (χ3v) is 4.87. The maximum absolute atomic E-state index is 12.5. The van der Waals surface area contributed by atoms with Crippen LogP contribution in [0.1, 0.15) is 64.7 Å². The largest absolute Gasteiger partial charge is 0.396 e. The Bertz CT molecular complexity index is 443. The minimum absolute atomic E-state index is 0.164. The van der Waals surface area contributed by atoms with E-state index in [-0.39, 0.29) is 18.2 Å². The summed E-state index contributed by atoms with van der Waals surface area (Å²) in [6.45, 7) is 1.92. The summed E-state index contributed by atoms with van der Waals surface area (Å²) in [6.07, 6.45) is 9.45. The number of hydrogen-bond donors (Lipinski definition) is 1. The predicted octanol–water partition coefficient (Wildman–Crippen LogP) is 2.99. The van der Waals surface area contributed by atoms with Gasteiger partial charge in [-0.25, -0.2) is 0 Å². The Morgan fingerprint density at radius 1 is 1.00 bits per heavy atom. The molecule has 24 heavy (non-hydrogen) atoms. The molecule has 0 aromatic carbocycles. The van der Waals surface area contributed by atoms with Crippen LogP contribution in [0, 0.1) is 0 Å². The van der Waals surface area contributed by atoms with Crippen LogP contribution in [0.4, 0.5) is 0 Å². The number of unbranched alkanes of at least 4 members (excludes halogenated alkanes) is 7. The second-order valence-corrected chi connectivity index (χ2v) is 6.57. The van der Waals surface area contributed by atoms with Gasteiger partial charge in [0.05, 0.1) is 0 Å². The van der Waals surface area contributed by atoms with Crippen molar-refractivity contribution in [3.8, 4) is 0 Å². The van der Waals surface area contributed by atoms with E-state index >= 15 is 0 Å². The number of aliphatic hydroxyl groups excluding tert-OH is 1. The van der Waals surface area contributed by atoms with Crippen molar-refractivity contribution < 1.29 is 24.2 Å². The Hall–Kier alpha value is -1.04. The van der Waals surface area contributed by atoms with Gasteiger partial charge in [-0.2, -0.15) is 0 Å². The zero-order valence-corrected chi connectivity index (χ0v) is 15.3. The molecule has 1 rings (SSSR count). The third kappa shape index (κ3) is 5.23. The number of methoxy groups -OCH3 is 2. The summed E-state index contributed by atoms with van der Waals surface area (Å²) >= 11 is 0. The van der Waals surface area contributed by atoms with E-state index in [1.807, 2.05) is 0 Å². The second kappa shape index (κ2) is 10.7. The van der Waals surface area contributed by atoms with Crippen LogP contribution in [0.5, 0.6) is 0 Å². The van der Waals surface area contributed by atoms with Crippen molar-refractivity contribution in [3.63, 3.8) is 0 Å². The highest BCUT2D eigenvalue weighted by Gasteiger charge is 2.51. The lowest BCUT2D eigenvalue weighted by Gasteiger charge is -2.38. The first-order valence-corrected chi connectivity index (χ1v) is 8.99. The minimum Gasteiger partial charge on any atom is -0.396 e. The van der Waals surface area contributed by atoms with Crippen molar-refractivity contribution in [1.29, 1.82) is 0 Å². The molecule has 0 bridgehead atoms. The highest BCUT2D eigenvalue weighted by molar-refractivity contribution is 6.15. The Labute approximate surface area is 145 Å². The molecule has 5 nitrogen and oxygen atoms in total. The molecule has 0 amide bonds. The van der Waals surface area contributed by atoms with Gasteiger partial charge >= 0.3 is 0 Å². The Morgan fingerprint density at radius 2 is 1.54 bits per heavy atom. The van der Waals surface area contributed by atoms with Gasteiger partial charge in [-0.3, -0.25) is 9.59 Å². The maximum Gasteiger partial charge on any atom is 0.191 e. The third-order valence-electron chi connectivity index (χ3n) is 4.87. The molecule has 0 aromatic rings. The normalized spacial score (nSPS) is 24.3. The summed E-state index contributed by atoms with van der Waals surface area (Å²) < 4.78 is 10.8. The van der Waals surface area contributed by atoms with Crippen LogP contribution in [0.3, 0.4) is 0 Å². The van der Waals surface area contributed by atoms with Crippen LogP contribution in [0.2, 0.25) is 0 Å². The van der Waals surface area contributed by atoms with Gasteiger partial charge < -0.3 is 14.6 Å². The highest BCUT2D eigenvalue weighted by atomic mass is 16.5. The van der Waals surface area contributed by atoms with Crippen molar-refractivity contribution in [2.75, 3.05) is 20.8 Å². The van der Waals surface area contributed by atoms with Crippen LogP contribution < -0.4 is 0 Å². The molecule has 0 aromatic heterocycles. The average molecular weight is 340 g/mol. The first-order chi connectivity index (χ1) is 11.5. The lowest BCUT2D eigenvalue weighted by atomic mass is 9.77. The number of ether oxygens (including phenoxy) is 2. The smallest absolute Gasteiger partial charge is 0.191 e. The molecule has 0 spiro atoms. The molecule has 1 aliphatic carbocycles. The van der Waals surface area contributed by atoms with Crippen molar-refractivity contribution in [3.05, 3.63) is 11.6 Å². The summed E-state index contributed by atoms with van der Waals surface area (Å²) in [7, 11) is 2.93. The fourth-order valence-corrected chi connectivity index (χ4v) is 3.36. The fourth-order valence-electron chi connectivity index (χ4n) is 3.36. The molecule has 2 unspecified atom stereocenters. The van der Waals surface area contributed by atoms with Gasteiger partial charge in [0.1, 0.15) is 0 Å². The summed E-state index contributed by atoms with van der Waals surface area (Å²) in [5, 5.41) is 8.73. The fraction of sp³-hybridized carbons (Fsp3) is 0.789. The lowest BCUT2D eigenvalue weighted by Crippen LogP contribution is -2.57. The monoisotopic (exact) mass is 340 g/mol. The summed E-state index contributed by atoms with van der Waals surface area (Å²) in [5.41, 5.74) is -0.741. The van der Waals surface area contributed by atoms with E-state index in [1.54, 1.807) is 6.92 Å². The number of carbonyl (C=O) groups excluding carboxylic acids is 2. The van der Waals surface area contributed by atoms with E-state index in [4.69, 9.17) is 14.6 Å². The van der Waals surface area contributed by atoms with Crippen LogP contribution in [0.25, 0.3) is 0 Å². The zero-order chi connectivity index (χ0) is 18.0. The van der Waals surface area contributed by atoms with Gasteiger partial charge in [0, 0.05) is 20.8 Å². The maximum atomic E-state index is 12.5. The number of aliphatic hydroxyl groups is 1. The zero-order valence-electron chi connectivity index (χ0n) is 15.3. The number of Topliss-reactive ketones (excluding diaryl/α,β-unsaturated/α-hetero) is 1. The van der Waals surface area contributed by atoms with E-state index in [9.17, 15) is 9.59 Å². The van der Waals surface area contributed by atoms with Crippen molar-refractivity contribution in [2.24, 2.45) is 0 Å². The first-order valence-electron chi connectivity index (χ1n) is 8.99. The van der Waals surface area contributed by atoms with Crippen molar-refractivity contribution in [2.45, 2.75) is 76.4 Å². The number of carbonyl (C=O) groups is 2. The molecular formula is C19H32O5. The molecular weight excluding hydrogens is 308 g/mol. The number of rotatable bonds is 12. The molecule has 5 heteroatoms. The van der Waals surface area contributed by atoms with Crippen molar-refractivity contribution in [1.82, 2.24) is 0 Å². The Balaban J connectivity index is 2.45. The number of ketones is 2. The first kappa shape index (κ1) is 21.0. The minimum atomic E-state index is -1.17. The molecule has 138 valence electrons. The lowest BCUT2D eigenvalue weighted by molar-refractivity contribution is -0.167. The van der Waals surface area contributed by atoms with Crippen LogP contribution in [0.15, 0.2) is 11.6 Å². The molecule has 0 saturated carbocycles. The van der Waals surface area contributed by atoms with E-state index in [0.29, 0.717) is 12.0 Å². The van der Waals surface area contributed by atoms with E-state index in [0.717, 1.165) is 44.9 Å². The van der Waals surface area contributed by atoms with Crippen LogP contribution in [-0.4, -0.2) is 49.2 Å². The van der Waals surface area contributed by atoms with E-state index < -0.39 is 11.7 Å². The van der Waals surface area contributed by atoms with Gasteiger partial charge in [-0.05, 0) is 37.8 Å². The second-order valence-electron chi connectivity index (χ2n) is 6.57. The molecule has 0 radical (unpaired) electrons. The molecule has 0 saturated heterocycles. The number of hydrogen-bond acceptors (Lipinski definition) is 5. The molecule has 1 N–H and O–H groups in total. The quantitative estimate of drug-likeness (QED) is 0.553. The van der Waals surface area contributed by atoms with Gasteiger partial charge in [0.15, 0.2) is 23.3 Å². The van der Waals surface area contributed by atoms with Gasteiger partial charge in [-0.15, -0.1) is 0 Å². The molecule has 0 aliphatic heterocycles. The van der Waals surface area contributed by atoms with Gasteiger partial charge in [0.25, 0.3) is 0 Å². The molecule has 0 heterocycles. The van der Waals surface area contributed by atoms with E-state index in [1.165, 1.54) is 26.7 Å². The highest BCUT2D eigenvalue weighted by Crippen LogP contribution is 2.33. The Kier molecular flexibility index (Phi) is 9.41. The summed E-state index contributed by atoms with van der Waals surface area (Å²) in [5.74, 6) is -0.333. The molecule has 2 atom stereocenters. The summed E-state index contributed by atoms with van der Waals surface area (Å²) in [6, 6.07) is 0. The Morgan fingerprint density at radius 3 is 2.04 bits per heavy atom. The van der Waals surface area contributed by atoms with Gasteiger partial charge in [-0.1, -0.05) is 38.5 Å². The predicted molar refractivity (Wildman–Crippen MR) is 92.9 cm³/mol.